The SMILES string of the molecule is NC(c1nc(C2CN3CCN2CC3)no1)c1cccs1. The molecule has 0 amide bonds. The van der Waals surface area contributed by atoms with Crippen molar-refractivity contribution >= 4 is 11.3 Å². The summed E-state index contributed by atoms with van der Waals surface area (Å²) in [6, 6.07) is 3.92. The minimum atomic E-state index is -0.313. The van der Waals surface area contributed by atoms with E-state index in [4.69, 9.17) is 10.3 Å². The van der Waals surface area contributed by atoms with Crippen molar-refractivity contribution in [3.8, 4) is 0 Å². The molecule has 5 heterocycles. The predicted octanol–water partition coefficient (Wildman–Crippen LogP) is 0.852. The van der Waals surface area contributed by atoms with E-state index in [-0.39, 0.29) is 12.1 Å². The summed E-state index contributed by atoms with van der Waals surface area (Å²) in [6.45, 7) is 5.47. The van der Waals surface area contributed by atoms with Crippen molar-refractivity contribution in [3.05, 3.63) is 34.1 Å². The van der Waals surface area contributed by atoms with E-state index in [9.17, 15) is 0 Å². The Morgan fingerprint density at radius 3 is 2.85 bits per heavy atom. The summed E-state index contributed by atoms with van der Waals surface area (Å²) in [5.41, 5.74) is 6.17. The molecule has 0 spiro atoms. The minimum Gasteiger partial charge on any atom is -0.337 e. The molecule has 5 rings (SSSR count). The lowest BCUT2D eigenvalue weighted by Crippen LogP contribution is -2.57. The summed E-state index contributed by atoms with van der Waals surface area (Å²) in [7, 11) is 0. The molecule has 0 radical (unpaired) electrons. The average Bonchev–Trinajstić information content (AvgIpc) is 3.19. The molecule has 0 aromatic carbocycles. The zero-order valence-electron chi connectivity index (χ0n) is 11.1. The van der Waals surface area contributed by atoms with E-state index in [2.05, 4.69) is 19.9 Å². The minimum absolute atomic E-state index is 0.255. The first-order valence-electron chi connectivity index (χ1n) is 6.90. The second-order valence-corrected chi connectivity index (χ2v) is 6.32. The molecule has 3 saturated heterocycles. The molecule has 2 aromatic rings. The van der Waals surface area contributed by atoms with Crippen LogP contribution < -0.4 is 5.73 Å². The number of aromatic nitrogens is 2. The highest BCUT2D eigenvalue weighted by Crippen LogP contribution is 2.29. The number of rotatable bonds is 3. The molecule has 2 unspecified atom stereocenters. The van der Waals surface area contributed by atoms with Crippen LogP contribution in [0.5, 0.6) is 0 Å². The molecule has 2 bridgehead atoms. The van der Waals surface area contributed by atoms with Crippen molar-refractivity contribution in [3.63, 3.8) is 0 Å². The monoisotopic (exact) mass is 291 g/mol. The van der Waals surface area contributed by atoms with Gasteiger partial charge < -0.3 is 10.3 Å². The third-order valence-corrected chi connectivity index (χ3v) is 5.11. The van der Waals surface area contributed by atoms with E-state index in [1.807, 2.05) is 17.5 Å². The summed E-state index contributed by atoms with van der Waals surface area (Å²) in [5.74, 6) is 1.29. The molecule has 3 aliphatic heterocycles. The molecule has 7 heteroatoms. The highest BCUT2D eigenvalue weighted by Gasteiger charge is 2.36. The van der Waals surface area contributed by atoms with E-state index in [1.54, 1.807) is 11.3 Å². The number of piperazine rings is 3. The maximum absolute atomic E-state index is 6.17. The van der Waals surface area contributed by atoms with Crippen molar-refractivity contribution < 1.29 is 4.52 Å². The molecule has 2 atom stereocenters. The fourth-order valence-electron chi connectivity index (χ4n) is 2.96. The number of fused-ring (bicyclic) bond motifs is 3. The Hall–Kier alpha value is -1.28. The Labute approximate surface area is 121 Å². The van der Waals surface area contributed by atoms with Crippen LogP contribution in [0.25, 0.3) is 0 Å². The summed E-state index contributed by atoms with van der Waals surface area (Å²) < 4.78 is 5.39. The third kappa shape index (κ3) is 2.07. The van der Waals surface area contributed by atoms with E-state index in [0.29, 0.717) is 5.89 Å². The van der Waals surface area contributed by atoms with Crippen LogP contribution in [-0.4, -0.2) is 52.7 Å². The number of hydrogen-bond donors (Lipinski definition) is 1. The van der Waals surface area contributed by atoms with Crippen molar-refractivity contribution in [2.45, 2.75) is 12.1 Å². The largest absolute Gasteiger partial charge is 0.337 e. The number of thiophene rings is 1. The highest BCUT2D eigenvalue weighted by molar-refractivity contribution is 7.10. The quantitative estimate of drug-likeness (QED) is 0.904. The lowest BCUT2D eigenvalue weighted by atomic mass is 10.1. The summed E-state index contributed by atoms with van der Waals surface area (Å²) in [5, 5.41) is 6.17. The van der Waals surface area contributed by atoms with Crippen LogP contribution in [0.1, 0.15) is 28.7 Å². The summed E-state index contributed by atoms with van der Waals surface area (Å²) in [6.07, 6.45) is 0. The molecular weight excluding hydrogens is 274 g/mol. The summed E-state index contributed by atoms with van der Waals surface area (Å²) in [4.78, 5) is 10.5. The molecule has 3 aliphatic rings. The van der Waals surface area contributed by atoms with Crippen LogP contribution in [0, 0.1) is 0 Å². The van der Waals surface area contributed by atoms with Gasteiger partial charge in [-0.05, 0) is 11.4 Å². The van der Waals surface area contributed by atoms with Crippen LogP contribution in [0.2, 0.25) is 0 Å². The average molecular weight is 291 g/mol. The fourth-order valence-corrected chi connectivity index (χ4v) is 3.68. The molecular formula is C13H17N5OS. The number of nitrogens with two attached hydrogens (primary N) is 1. The Bertz CT molecular complexity index is 575. The molecule has 0 saturated carbocycles. The van der Waals surface area contributed by atoms with Gasteiger partial charge in [0.1, 0.15) is 6.04 Å². The van der Waals surface area contributed by atoms with E-state index in [1.165, 1.54) is 0 Å². The molecule has 2 N–H and O–H groups in total. The maximum atomic E-state index is 6.17. The van der Waals surface area contributed by atoms with Crippen LogP contribution in [-0.2, 0) is 0 Å². The van der Waals surface area contributed by atoms with Gasteiger partial charge in [0.2, 0.25) is 5.89 Å². The normalized spacial score (nSPS) is 30.6. The van der Waals surface area contributed by atoms with Gasteiger partial charge in [-0.2, -0.15) is 4.98 Å². The van der Waals surface area contributed by atoms with E-state index >= 15 is 0 Å². The summed E-state index contributed by atoms with van der Waals surface area (Å²) >= 11 is 1.61. The van der Waals surface area contributed by atoms with Crippen molar-refractivity contribution in [2.24, 2.45) is 5.73 Å². The van der Waals surface area contributed by atoms with Crippen molar-refractivity contribution in [1.82, 2.24) is 19.9 Å². The van der Waals surface area contributed by atoms with E-state index < -0.39 is 0 Å². The Morgan fingerprint density at radius 2 is 2.20 bits per heavy atom. The smallest absolute Gasteiger partial charge is 0.249 e. The first kappa shape index (κ1) is 12.5. The Balaban J connectivity index is 1.56. The highest BCUT2D eigenvalue weighted by atomic mass is 32.1. The van der Waals surface area contributed by atoms with Crippen LogP contribution in [0.15, 0.2) is 22.0 Å². The van der Waals surface area contributed by atoms with Gasteiger partial charge >= 0.3 is 0 Å². The molecule has 0 aliphatic carbocycles. The zero-order chi connectivity index (χ0) is 13.5. The maximum Gasteiger partial charge on any atom is 0.249 e. The zero-order valence-corrected chi connectivity index (χ0v) is 11.9. The Morgan fingerprint density at radius 1 is 1.35 bits per heavy atom. The van der Waals surface area contributed by atoms with Gasteiger partial charge in [0.05, 0.1) is 6.04 Å². The number of nitrogens with zero attached hydrogens (tertiary/aromatic N) is 4. The molecule has 2 aromatic heterocycles. The Kier molecular flexibility index (Phi) is 3.07. The third-order valence-electron chi connectivity index (χ3n) is 4.15. The van der Waals surface area contributed by atoms with Crippen LogP contribution in [0.3, 0.4) is 0 Å². The lowest BCUT2D eigenvalue weighted by molar-refractivity contribution is 0.00781. The van der Waals surface area contributed by atoms with Gasteiger partial charge in [-0.25, -0.2) is 0 Å². The fraction of sp³-hybridized carbons (Fsp3) is 0.538. The lowest BCUT2D eigenvalue weighted by Gasteiger charge is -2.46. The van der Waals surface area contributed by atoms with Gasteiger partial charge in [0.25, 0.3) is 0 Å². The van der Waals surface area contributed by atoms with Gasteiger partial charge in [-0.1, -0.05) is 11.2 Å². The van der Waals surface area contributed by atoms with Crippen LogP contribution >= 0.6 is 11.3 Å². The molecule has 6 nitrogen and oxygen atoms in total. The van der Waals surface area contributed by atoms with Crippen LogP contribution in [0.4, 0.5) is 0 Å². The first-order chi connectivity index (χ1) is 9.81. The van der Waals surface area contributed by atoms with Gasteiger partial charge in [0, 0.05) is 37.6 Å². The molecule has 3 fully saturated rings. The van der Waals surface area contributed by atoms with Gasteiger partial charge in [-0.15, -0.1) is 11.3 Å². The molecule has 106 valence electrons. The topological polar surface area (TPSA) is 71.4 Å². The van der Waals surface area contributed by atoms with Gasteiger partial charge in [-0.3, -0.25) is 9.80 Å². The number of hydrogen-bond acceptors (Lipinski definition) is 7. The second kappa shape index (κ2) is 4.92. The predicted molar refractivity (Wildman–Crippen MR) is 75.4 cm³/mol. The van der Waals surface area contributed by atoms with Crippen molar-refractivity contribution in [1.29, 1.82) is 0 Å². The van der Waals surface area contributed by atoms with Gasteiger partial charge in [0.15, 0.2) is 5.82 Å². The second-order valence-electron chi connectivity index (χ2n) is 5.34. The van der Waals surface area contributed by atoms with Crippen molar-refractivity contribution in [2.75, 3.05) is 32.7 Å². The van der Waals surface area contributed by atoms with E-state index in [0.717, 1.165) is 43.4 Å². The molecule has 20 heavy (non-hydrogen) atoms. The standard InChI is InChI=1S/C13H17N5OS/c14-11(10-2-1-7-20-10)13-15-12(16-19-13)9-8-17-3-5-18(9)6-4-17/h1-2,7,9,11H,3-6,8,14H2. The first-order valence-corrected chi connectivity index (χ1v) is 7.78.